The Labute approximate surface area is 124 Å². The summed E-state index contributed by atoms with van der Waals surface area (Å²) in [4.78, 5) is 11.8. The van der Waals surface area contributed by atoms with Crippen molar-refractivity contribution in [3.63, 3.8) is 0 Å². The number of urea groups is 1. The van der Waals surface area contributed by atoms with E-state index in [2.05, 4.69) is 10.6 Å². The highest BCUT2D eigenvalue weighted by molar-refractivity contribution is 6.00. The number of aryl methyl sites for hydroxylation is 1. The van der Waals surface area contributed by atoms with Crippen LogP contribution in [0.15, 0.2) is 42.5 Å². The number of nitrogens with one attached hydrogen (secondary N) is 2. The minimum atomic E-state index is -4.60. The van der Waals surface area contributed by atoms with E-state index in [1.165, 1.54) is 24.3 Å². The Hall–Kier alpha value is -2.57. The second-order valence-electron chi connectivity index (χ2n) is 4.61. The first kappa shape index (κ1) is 15.8. The molecule has 2 N–H and O–H groups in total. The van der Waals surface area contributed by atoms with Crippen LogP contribution in [0.2, 0.25) is 0 Å². The van der Waals surface area contributed by atoms with Gasteiger partial charge in [-0.25, -0.2) is 9.18 Å². The maximum Gasteiger partial charge on any atom is 0.418 e. The molecule has 2 rings (SSSR count). The largest absolute Gasteiger partial charge is 0.418 e. The Kier molecular flexibility index (Phi) is 4.35. The molecule has 22 heavy (non-hydrogen) atoms. The summed E-state index contributed by atoms with van der Waals surface area (Å²) in [6, 6.07) is 7.64. The highest BCUT2D eigenvalue weighted by Gasteiger charge is 2.33. The molecule has 0 heterocycles. The van der Waals surface area contributed by atoms with Gasteiger partial charge in [-0.15, -0.1) is 0 Å². The van der Waals surface area contributed by atoms with Gasteiger partial charge in [0.05, 0.1) is 16.9 Å². The molecule has 0 saturated heterocycles. The summed E-state index contributed by atoms with van der Waals surface area (Å²) in [7, 11) is 0. The van der Waals surface area contributed by atoms with Crippen molar-refractivity contribution in [2.24, 2.45) is 0 Å². The maximum absolute atomic E-state index is 13.5. The number of carbonyl (C=O) groups is 1. The van der Waals surface area contributed by atoms with E-state index in [1.807, 2.05) is 0 Å². The van der Waals surface area contributed by atoms with Crippen molar-refractivity contribution in [3.05, 3.63) is 59.4 Å². The van der Waals surface area contributed by atoms with E-state index in [1.54, 1.807) is 6.92 Å². The van der Waals surface area contributed by atoms with Crippen molar-refractivity contribution >= 4 is 17.4 Å². The fourth-order valence-electron chi connectivity index (χ4n) is 1.85. The number of hydrogen-bond acceptors (Lipinski definition) is 1. The molecule has 2 aromatic rings. The van der Waals surface area contributed by atoms with Crippen molar-refractivity contribution in [2.75, 3.05) is 10.6 Å². The highest BCUT2D eigenvalue weighted by Crippen LogP contribution is 2.34. The van der Waals surface area contributed by atoms with Crippen LogP contribution in [-0.4, -0.2) is 6.03 Å². The quantitative estimate of drug-likeness (QED) is 0.769. The number of rotatable bonds is 2. The van der Waals surface area contributed by atoms with Crippen LogP contribution in [0.25, 0.3) is 0 Å². The Morgan fingerprint density at radius 2 is 1.64 bits per heavy atom. The van der Waals surface area contributed by atoms with E-state index in [9.17, 15) is 22.4 Å². The van der Waals surface area contributed by atoms with Crippen molar-refractivity contribution in [3.8, 4) is 0 Å². The van der Waals surface area contributed by atoms with Gasteiger partial charge in [0.15, 0.2) is 0 Å². The Bertz CT molecular complexity index is 698. The van der Waals surface area contributed by atoms with Gasteiger partial charge in [-0.3, -0.25) is 0 Å². The molecular weight excluding hydrogens is 300 g/mol. The Morgan fingerprint density at radius 3 is 2.32 bits per heavy atom. The average Bonchev–Trinajstić information content (AvgIpc) is 2.42. The maximum atomic E-state index is 13.5. The molecule has 7 heteroatoms. The van der Waals surface area contributed by atoms with Gasteiger partial charge in [0.25, 0.3) is 0 Å². The van der Waals surface area contributed by atoms with Crippen LogP contribution in [-0.2, 0) is 6.18 Å². The summed E-state index contributed by atoms with van der Waals surface area (Å²) in [5.41, 5.74) is -0.787. The normalized spacial score (nSPS) is 11.1. The lowest BCUT2D eigenvalue weighted by Gasteiger charge is -2.14. The summed E-state index contributed by atoms with van der Waals surface area (Å²) in [6.07, 6.45) is -4.60. The van der Waals surface area contributed by atoms with Crippen LogP contribution < -0.4 is 10.6 Å². The van der Waals surface area contributed by atoms with Crippen molar-refractivity contribution in [1.29, 1.82) is 0 Å². The highest BCUT2D eigenvalue weighted by atomic mass is 19.4. The third kappa shape index (κ3) is 3.75. The van der Waals surface area contributed by atoms with Crippen molar-refractivity contribution in [2.45, 2.75) is 13.1 Å². The lowest BCUT2D eigenvalue weighted by atomic mass is 10.1. The van der Waals surface area contributed by atoms with E-state index in [0.717, 1.165) is 18.2 Å². The van der Waals surface area contributed by atoms with Gasteiger partial charge in [0.2, 0.25) is 0 Å². The summed E-state index contributed by atoms with van der Waals surface area (Å²) in [5, 5.41) is 4.26. The Morgan fingerprint density at radius 1 is 1.00 bits per heavy atom. The zero-order valence-corrected chi connectivity index (χ0v) is 11.5. The molecule has 0 unspecified atom stereocenters. The fraction of sp³-hybridized carbons (Fsp3) is 0.133. The lowest BCUT2D eigenvalue weighted by Crippen LogP contribution is -2.22. The van der Waals surface area contributed by atoms with Crippen LogP contribution in [0, 0.1) is 12.7 Å². The van der Waals surface area contributed by atoms with Gasteiger partial charge in [-0.1, -0.05) is 18.2 Å². The number of hydrogen-bond donors (Lipinski definition) is 2. The molecule has 116 valence electrons. The molecule has 0 aliphatic carbocycles. The summed E-state index contributed by atoms with van der Waals surface area (Å²) < 4.78 is 51.9. The topological polar surface area (TPSA) is 41.1 Å². The molecule has 0 bridgehead atoms. The van der Waals surface area contributed by atoms with Gasteiger partial charge >= 0.3 is 12.2 Å². The molecule has 0 aliphatic rings. The van der Waals surface area contributed by atoms with Crippen molar-refractivity contribution < 1.29 is 22.4 Å². The molecule has 0 aliphatic heterocycles. The molecule has 0 aromatic heterocycles. The summed E-state index contributed by atoms with van der Waals surface area (Å²) >= 11 is 0. The van der Waals surface area contributed by atoms with Gasteiger partial charge in [0.1, 0.15) is 5.82 Å². The zero-order valence-electron chi connectivity index (χ0n) is 11.5. The van der Waals surface area contributed by atoms with Crippen LogP contribution in [0.3, 0.4) is 0 Å². The second kappa shape index (κ2) is 6.05. The number of carbonyl (C=O) groups excluding carboxylic acids is 1. The van der Waals surface area contributed by atoms with Gasteiger partial charge in [-0.2, -0.15) is 13.2 Å². The van der Waals surface area contributed by atoms with E-state index in [4.69, 9.17) is 0 Å². The monoisotopic (exact) mass is 312 g/mol. The minimum absolute atomic E-state index is 0.109. The Balaban J connectivity index is 2.18. The number of alkyl halides is 3. The molecule has 0 spiro atoms. The molecule has 2 aromatic carbocycles. The molecule has 0 saturated carbocycles. The van der Waals surface area contributed by atoms with Crippen molar-refractivity contribution in [1.82, 2.24) is 0 Å². The fourth-order valence-corrected chi connectivity index (χ4v) is 1.85. The number of halogens is 4. The third-order valence-electron chi connectivity index (χ3n) is 2.85. The van der Waals surface area contributed by atoms with Gasteiger partial charge in [-0.05, 0) is 36.8 Å². The summed E-state index contributed by atoms with van der Waals surface area (Å²) in [6.45, 7) is 1.70. The molecule has 3 nitrogen and oxygen atoms in total. The third-order valence-corrected chi connectivity index (χ3v) is 2.85. The zero-order chi connectivity index (χ0) is 16.3. The first-order valence-corrected chi connectivity index (χ1v) is 6.28. The van der Waals surface area contributed by atoms with Gasteiger partial charge in [0, 0.05) is 0 Å². The number of anilines is 2. The first-order chi connectivity index (χ1) is 10.3. The van der Waals surface area contributed by atoms with E-state index in [-0.39, 0.29) is 5.69 Å². The predicted octanol–water partition coefficient (Wildman–Crippen LogP) is 4.80. The lowest BCUT2D eigenvalue weighted by molar-refractivity contribution is -0.136. The van der Waals surface area contributed by atoms with Crippen LogP contribution >= 0.6 is 0 Å². The number of amides is 2. The summed E-state index contributed by atoms with van der Waals surface area (Å²) in [5.74, 6) is -0.676. The SMILES string of the molecule is Cc1ccc(F)c(NC(=O)Nc2ccccc2C(F)(F)F)c1. The molecule has 2 amide bonds. The standard InChI is InChI=1S/C15H12F4N2O/c1-9-6-7-11(16)13(8-9)21-14(22)20-12-5-3-2-4-10(12)15(17,18)19/h2-8H,1H3,(H2,20,21,22). The minimum Gasteiger partial charge on any atom is -0.307 e. The average molecular weight is 312 g/mol. The van der Waals surface area contributed by atoms with Crippen LogP contribution in [0.5, 0.6) is 0 Å². The predicted molar refractivity (Wildman–Crippen MR) is 75.2 cm³/mol. The van der Waals surface area contributed by atoms with E-state index >= 15 is 0 Å². The molecule has 0 radical (unpaired) electrons. The van der Waals surface area contributed by atoms with E-state index in [0.29, 0.717) is 5.56 Å². The van der Waals surface area contributed by atoms with E-state index < -0.39 is 29.3 Å². The molecular formula is C15H12F4N2O. The molecule has 0 fully saturated rings. The van der Waals surface area contributed by atoms with Crippen LogP contribution in [0.4, 0.5) is 33.7 Å². The van der Waals surface area contributed by atoms with Gasteiger partial charge < -0.3 is 10.6 Å². The van der Waals surface area contributed by atoms with Crippen LogP contribution in [0.1, 0.15) is 11.1 Å². The smallest absolute Gasteiger partial charge is 0.307 e. The second-order valence-corrected chi connectivity index (χ2v) is 4.61. The number of para-hydroxylation sites is 1. The first-order valence-electron chi connectivity index (χ1n) is 6.28. The molecule has 0 atom stereocenters. The number of benzene rings is 2.